The molecule has 1 unspecified atom stereocenters. The summed E-state index contributed by atoms with van der Waals surface area (Å²) in [6, 6.07) is 5.60. The van der Waals surface area contributed by atoms with Crippen molar-refractivity contribution in [3.05, 3.63) is 30.3 Å². The SMILES string of the molecule is CC(C)C(N)CCN(C)C(=O)CCc1nc(-c2ccccn2)no1. The fraction of sp³-hybridized carbons (Fsp3) is 0.529. The van der Waals surface area contributed by atoms with E-state index in [0.29, 0.717) is 42.7 Å². The predicted octanol–water partition coefficient (Wildman–Crippen LogP) is 1.90. The summed E-state index contributed by atoms with van der Waals surface area (Å²) in [5, 5.41) is 3.90. The van der Waals surface area contributed by atoms with Crippen molar-refractivity contribution < 1.29 is 9.32 Å². The number of rotatable bonds is 8. The first-order chi connectivity index (χ1) is 11.5. The highest BCUT2D eigenvalue weighted by molar-refractivity contribution is 5.76. The van der Waals surface area contributed by atoms with Gasteiger partial charge in [-0.05, 0) is 24.5 Å². The molecule has 24 heavy (non-hydrogen) atoms. The monoisotopic (exact) mass is 331 g/mol. The van der Waals surface area contributed by atoms with Gasteiger partial charge in [0.1, 0.15) is 5.69 Å². The molecule has 0 bridgehead atoms. The Kier molecular flexibility index (Phi) is 6.43. The van der Waals surface area contributed by atoms with E-state index in [1.165, 1.54) is 0 Å². The molecule has 0 saturated heterocycles. The van der Waals surface area contributed by atoms with Gasteiger partial charge in [0.25, 0.3) is 0 Å². The van der Waals surface area contributed by atoms with Gasteiger partial charge in [-0.15, -0.1) is 0 Å². The first-order valence-corrected chi connectivity index (χ1v) is 8.21. The van der Waals surface area contributed by atoms with E-state index in [1.54, 1.807) is 18.1 Å². The van der Waals surface area contributed by atoms with Gasteiger partial charge < -0.3 is 15.2 Å². The lowest BCUT2D eigenvalue weighted by Crippen LogP contribution is -2.34. The Morgan fingerprint density at radius 2 is 2.17 bits per heavy atom. The summed E-state index contributed by atoms with van der Waals surface area (Å²) in [6.45, 7) is 4.82. The molecule has 0 spiro atoms. The molecule has 7 heteroatoms. The Morgan fingerprint density at radius 1 is 1.38 bits per heavy atom. The Hall–Kier alpha value is -2.28. The minimum absolute atomic E-state index is 0.0449. The highest BCUT2D eigenvalue weighted by Crippen LogP contribution is 2.13. The molecule has 0 fully saturated rings. The van der Waals surface area contributed by atoms with Crippen LogP contribution in [-0.4, -0.2) is 45.6 Å². The van der Waals surface area contributed by atoms with Crippen LogP contribution in [0.25, 0.3) is 11.5 Å². The summed E-state index contributed by atoms with van der Waals surface area (Å²) in [4.78, 5) is 22.3. The molecule has 0 saturated carbocycles. The second-order valence-electron chi connectivity index (χ2n) is 6.24. The van der Waals surface area contributed by atoms with E-state index in [4.69, 9.17) is 10.3 Å². The maximum Gasteiger partial charge on any atom is 0.227 e. The van der Waals surface area contributed by atoms with Crippen LogP contribution >= 0.6 is 0 Å². The third kappa shape index (κ3) is 5.13. The molecule has 0 aliphatic rings. The fourth-order valence-corrected chi connectivity index (χ4v) is 2.16. The van der Waals surface area contributed by atoms with Crippen molar-refractivity contribution in [1.82, 2.24) is 20.0 Å². The van der Waals surface area contributed by atoms with Crippen LogP contribution in [0.1, 0.15) is 32.6 Å². The van der Waals surface area contributed by atoms with E-state index < -0.39 is 0 Å². The van der Waals surface area contributed by atoms with Crippen LogP contribution in [0.2, 0.25) is 0 Å². The van der Waals surface area contributed by atoms with Gasteiger partial charge in [-0.3, -0.25) is 9.78 Å². The van der Waals surface area contributed by atoms with Gasteiger partial charge in [0, 0.05) is 38.7 Å². The van der Waals surface area contributed by atoms with E-state index in [2.05, 4.69) is 29.0 Å². The van der Waals surface area contributed by atoms with Crippen molar-refractivity contribution in [2.75, 3.05) is 13.6 Å². The Balaban J connectivity index is 1.80. The van der Waals surface area contributed by atoms with Gasteiger partial charge in [-0.2, -0.15) is 4.98 Å². The van der Waals surface area contributed by atoms with Crippen LogP contribution in [0.4, 0.5) is 0 Å². The van der Waals surface area contributed by atoms with Gasteiger partial charge in [0.05, 0.1) is 0 Å². The zero-order chi connectivity index (χ0) is 17.5. The minimum Gasteiger partial charge on any atom is -0.346 e. The lowest BCUT2D eigenvalue weighted by molar-refractivity contribution is -0.130. The number of nitrogens with zero attached hydrogens (tertiary/aromatic N) is 4. The fourth-order valence-electron chi connectivity index (χ4n) is 2.16. The molecule has 1 amide bonds. The molecule has 0 aliphatic carbocycles. The molecular formula is C17H25N5O2. The van der Waals surface area contributed by atoms with E-state index in [-0.39, 0.29) is 11.9 Å². The zero-order valence-electron chi connectivity index (χ0n) is 14.5. The van der Waals surface area contributed by atoms with Gasteiger partial charge in [0.15, 0.2) is 0 Å². The molecule has 2 aromatic heterocycles. The second-order valence-corrected chi connectivity index (χ2v) is 6.24. The largest absolute Gasteiger partial charge is 0.346 e. The molecule has 2 aromatic rings. The Labute approximate surface area is 142 Å². The van der Waals surface area contributed by atoms with E-state index >= 15 is 0 Å². The topological polar surface area (TPSA) is 98.1 Å². The minimum atomic E-state index is 0.0449. The zero-order valence-corrected chi connectivity index (χ0v) is 14.5. The number of aromatic nitrogens is 3. The number of carbonyl (C=O) groups excluding carboxylic acids is 1. The number of aryl methyl sites for hydroxylation is 1. The van der Waals surface area contributed by atoms with Gasteiger partial charge in [-0.1, -0.05) is 25.1 Å². The summed E-state index contributed by atoms with van der Waals surface area (Å²) in [6.07, 6.45) is 3.21. The highest BCUT2D eigenvalue weighted by atomic mass is 16.5. The van der Waals surface area contributed by atoms with E-state index in [0.717, 1.165) is 6.42 Å². The van der Waals surface area contributed by atoms with Crippen LogP contribution in [0.3, 0.4) is 0 Å². The van der Waals surface area contributed by atoms with Crippen molar-refractivity contribution in [1.29, 1.82) is 0 Å². The number of hydrogen-bond acceptors (Lipinski definition) is 6. The van der Waals surface area contributed by atoms with Crippen LogP contribution < -0.4 is 5.73 Å². The number of pyridine rings is 1. The molecule has 0 aromatic carbocycles. The molecule has 2 N–H and O–H groups in total. The number of nitrogens with two attached hydrogens (primary N) is 1. The van der Waals surface area contributed by atoms with Gasteiger partial charge in [0.2, 0.25) is 17.6 Å². The maximum absolute atomic E-state index is 12.2. The molecule has 130 valence electrons. The van der Waals surface area contributed by atoms with Crippen LogP contribution in [0.5, 0.6) is 0 Å². The molecule has 1 atom stereocenters. The highest BCUT2D eigenvalue weighted by Gasteiger charge is 2.15. The Morgan fingerprint density at radius 3 is 2.83 bits per heavy atom. The summed E-state index contributed by atoms with van der Waals surface area (Å²) in [5.41, 5.74) is 6.66. The molecule has 2 rings (SSSR count). The van der Waals surface area contributed by atoms with Crippen LogP contribution in [-0.2, 0) is 11.2 Å². The molecular weight excluding hydrogens is 306 g/mol. The number of carbonyl (C=O) groups is 1. The van der Waals surface area contributed by atoms with Crippen molar-refractivity contribution in [2.24, 2.45) is 11.7 Å². The quantitative estimate of drug-likeness (QED) is 0.793. The lowest BCUT2D eigenvalue weighted by atomic mass is 10.0. The maximum atomic E-state index is 12.2. The summed E-state index contributed by atoms with van der Waals surface area (Å²) < 4.78 is 5.19. The van der Waals surface area contributed by atoms with Crippen molar-refractivity contribution in [3.8, 4) is 11.5 Å². The third-order valence-electron chi connectivity index (χ3n) is 3.99. The first-order valence-electron chi connectivity index (χ1n) is 8.21. The summed E-state index contributed by atoms with van der Waals surface area (Å²) in [5.74, 6) is 1.34. The predicted molar refractivity (Wildman–Crippen MR) is 90.9 cm³/mol. The molecule has 0 radical (unpaired) electrons. The van der Waals surface area contributed by atoms with Crippen molar-refractivity contribution in [2.45, 2.75) is 39.2 Å². The van der Waals surface area contributed by atoms with Crippen molar-refractivity contribution >= 4 is 5.91 Å². The second kappa shape index (κ2) is 8.54. The normalized spacial score (nSPS) is 12.4. The first kappa shape index (κ1) is 18.1. The van der Waals surface area contributed by atoms with Gasteiger partial charge in [-0.25, -0.2) is 0 Å². The van der Waals surface area contributed by atoms with Crippen LogP contribution in [0.15, 0.2) is 28.9 Å². The number of amides is 1. The third-order valence-corrected chi connectivity index (χ3v) is 3.99. The average Bonchev–Trinajstić information content (AvgIpc) is 3.06. The van der Waals surface area contributed by atoms with E-state index in [1.807, 2.05) is 18.2 Å². The molecule has 2 heterocycles. The average molecular weight is 331 g/mol. The van der Waals surface area contributed by atoms with Crippen molar-refractivity contribution in [3.63, 3.8) is 0 Å². The van der Waals surface area contributed by atoms with Gasteiger partial charge >= 0.3 is 0 Å². The van der Waals surface area contributed by atoms with Crippen LogP contribution in [0, 0.1) is 5.92 Å². The Bertz CT molecular complexity index is 641. The summed E-state index contributed by atoms with van der Waals surface area (Å²) in [7, 11) is 1.79. The lowest BCUT2D eigenvalue weighted by Gasteiger charge is -2.21. The standard InChI is InChI=1S/C17H25N5O2/c1-12(2)13(18)9-11-22(3)16(23)8-7-15-20-17(21-24-15)14-6-4-5-10-19-14/h4-6,10,12-13H,7-9,11,18H2,1-3H3. The molecule has 0 aliphatic heterocycles. The smallest absolute Gasteiger partial charge is 0.227 e. The number of hydrogen-bond donors (Lipinski definition) is 1. The van der Waals surface area contributed by atoms with E-state index in [9.17, 15) is 4.79 Å². The molecule has 7 nitrogen and oxygen atoms in total. The summed E-state index contributed by atoms with van der Waals surface area (Å²) >= 11 is 0.